The average Bonchev–Trinajstić information content (AvgIpc) is 3.04. The summed E-state index contributed by atoms with van der Waals surface area (Å²) in [5.41, 5.74) is 2.86. The van der Waals surface area contributed by atoms with E-state index in [0.717, 1.165) is 21.3 Å². The molecule has 0 bridgehead atoms. The highest BCUT2D eigenvalue weighted by molar-refractivity contribution is 7.14. The first kappa shape index (κ1) is 12.5. The summed E-state index contributed by atoms with van der Waals surface area (Å²) in [6.07, 6.45) is 0. The van der Waals surface area contributed by atoms with Crippen LogP contribution in [-0.4, -0.2) is 20.0 Å². The van der Waals surface area contributed by atoms with Crippen molar-refractivity contribution in [3.8, 4) is 22.5 Å². The number of rotatable bonds is 2. The van der Waals surface area contributed by atoms with Crippen molar-refractivity contribution in [1.29, 1.82) is 5.26 Å². The zero-order valence-corrected chi connectivity index (χ0v) is 11.8. The predicted molar refractivity (Wildman–Crippen MR) is 76.7 cm³/mol. The monoisotopic (exact) mass is 281 g/mol. The van der Waals surface area contributed by atoms with E-state index in [2.05, 4.69) is 21.4 Å². The van der Waals surface area contributed by atoms with Crippen LogP contribution in [0.3, 0.4) is 0 Å². The van der Waals surface area contributed by atoms with E-state index in [9.17, 15) is 5.26 Å². The Bertz CT molecular complexity index is 775. The molecule has 0 atom stereocenters. The lowest BCUT2D eigenvalue weighted by molar-refractivity contribution is 0.798. The molecule has 98 valence electrons. The summed E-state index contributed by atoms with van der Waals surface area (Å²) in [5.74, 6) is 0. The lowest BCUT2D eigenvalue weighted by Gasteiger charge is -2.02. The Balaban J connectivity index is 2.23. The van der Waals surface area contributed by atoms with Crippen molar-refractivity contribution >= 4 is 11.3 Å². The highest BCUT2D eigenvalue weighted by Gasteiger charge is 2.18. The van der Waals surface area contributed by atoms with E-state index in [-0.39, 0.29) is 0 Å². The van der Waals surface area contributed by atoms with Gasteiger partial charge in [0.2, 0.25) is 5.13 Å². The van der Waals surface area contributed by atoms with E-state index in [1.54, 1.807) is 16.0 Å². The maximum Gasteiger partial charge on any atom is 0.212 e. The summed E-state index contributed by atoms with van der Waals surface area (Å²) >= 11 is 1.54. The second-order valence-corrected chi connectivity index (χ2v) is 5.50. The van der Waals surface area contributed by atoms with Crippen molar-refractivity contribution in [2.75, 3.05) is 0 Å². The average molecular weight is 281 g/mol. The van der Waals surface area contributed by atoms with Gasteiger partial charge < -0.3 is 0 Å². The Kier molecular flexibility index (Phi) is 3.05. The molecule has 3 aromatic rings. The quantitative estimate of drug-likeness (QED) is 0.724. The summed E-state index contributed by atoms with van der Waals surface area (Å²) in [7, 11) is 0. The standard InChI is InChI=1S/C14H11N5S/c1-9-10(2)20-14(16-9)19-13(12(8-15)17-18-19)11-6-4-3-5-7-11/h3-7H,1-2H3. The van der Waals surface area contributed by atoms with Gasteiger partial charge in [-0.05, 0) is 13.8 Å². The molecule has 2 aromatic heterocycles. The van der Waals surface area contributed by atoms with Gasteiger partial charge in [0.1, 0.15) is 11.8 Å². The molecule has 5 nitrogen and oxygen atoms in total. The van der Waals surface area contributed by atoms with Crippen LogP contribution in [0.1, 0.15) is 16.3 Å². The zero-order chi connectivity index (χ0) is 14.1. The van der Waals surface area contributed by atoms with Crippen molar-refractivity contribution in [3.05, 3.63) is 46.6 Å². The molecular weight excluding hydrogens is 270 g/mol. The number of benzene rings is 1. The van der Waals surface area contributed by atoms with Crippen molar-refractivity contribution < 1.29 is 0 Å². The number of nitrogens with zero attached hydrogens (tertiary/aromatic N) is 5. The van der Waals surface area contributed by atoms with Crippen LogP contribution < -0.4 is 0 Å². The fraction of sp³-hybridized carbons (Fsp3) is 0.143. The van der Waals surface area contributed by atoms with Crippen LogP contribution in [0.5, 0.6) is 0 Å². The molecule has 0 aliphatic heterocycles. The molecule has 3 rings (SSSR count). The summed E-state index contributed by atoms with van der Waals surface area (Å²) in [6, 6.07) is 11.7. The summed E-state index contributed by atoms with van der Waals surface area (Å²) in [5, 5.41) is 18.0. The van der Waals surface area contributed by atoms with Crippen LogP contribution >= 0.6 is 11.3 Å². The Morgan fingerprint density at radius 3 is 2.55 bits per heavy atom. The number of thiazole rings is 1. The number of hydrogen-bond acceptors (Lipinski definition) is 5. The zero-order valence-electron chi connectivity index (χ0n) is 11.0. The first-order valence-electron chi connectivity index (χ1n) is 6.06. The fourth-order valence-corrected chi connectivity index (χ4v) is 2.76. The van der Waals surface area contributed by atoms with Gasteiger partial charge in [-0.15, -0.1) is 5.10 Å². The minimum atomic E-state index is 0.307. The molecule has 0 aliphatic carbocycles. The molecule has 0 amide bonds. The Labute approximate surface area is 120 Å². The number of hydrogen-bond donors (Lipinski definition) is 0. The molecule has 0 unspecified atom stereocenters. The van der Waals surface area contributed by atoms with Gasteiger partial charge in [0.25, 0.3) is 0 Å². The van der Waals surface area contributed by atoms with Gasteiger partial charge in [0, 0.05) is 10.4 Å². The van der Waals surface area contributed by atoms with Gasteiger partial charge in [0.15, 0.2) is 5.69 Å². The van der Waals surface area contributed by atoms with E-state index in [4.69, 9.17) is 0 Å². The molecule has 6 heteroatoms. The van der Waals surface area contributed by atoms with Gasteiger partial charge in [-0.2, -0.15) is 9.94 Å². The van der Waals surface area contributed by atoms with E-state index in [0.29, 0.717) is 11.4 Å². The molecule has 20 heavy (non-hydrogen) atoms. The van der Waals surface area contributed by atoms with Gasteiger partial charge >= 0.3 is 0 Å². The maximum atomic E-state index is 9.22. The van der Waals surface area contributed by atoms with Crippen LogP contribution in [0.4, 0.5) is 0 Å². The smallest absolute Gasteiger partial charge is 0.212 e. The van der Waals surface area contributed by atoms with Crippen LogP contribution in [0, 0.1) is 25.2 Å². The number of aryl methyl sites for hydroxylation is 2. The second kappa shape index (κ2) is 4.87. The molecule has 0 radical (unpaired) electrons. The van der Waals surface area contributed by atoms with Gasteiger partial charge in [-0.3, -0.25) is 0 Å². The van der Waals surface area contributed by atoms with Crippen molar-refractivity contribution in [2.24, 2.45) is 0 Å². The van der Waals surface area contributed by atoms with Crippen LogP contribution in [0.25, 0.3) is 16.4 Å². The Morgan fingerprint density at radius 2 is 1.95 bits per heavy atom. The molecule has 1 aromatic carbocycles. The maximum absolute atomic E-state index is 9.22. The predicted octanol–water partition coefficient (Wildman–Crippen LogP) is 2.88. The Morgan fingerprint density at radius 1 is 1.20 bits per heavy atom. The van der Waals surface area contributed by atoms with Gasteiger partial charge in [-0.25, -0.2) is 4.98 Å². The molecule has 0 N–H and O–H groups in total. The van der Waals surface area contributed by atoms with E-state index < -0.39 is 0 Å². The van der Waals surface area contributed by atoms with Crippen molar-refractivity contribution in [3.63, 3.8) is 0 Å². The summed E-state index contributed by atoms with van der Waals surface area (Å²) in [6.45, 7) is 3.97. The molecule has 0 spiro atoms. The number of aromatic nitrogens is 4. The topological polar surface area (TPSA) is 67.4 Å². The third-order valence-electron chi connectivity index (χ3n) is 3.02. The van der Waals surface area contributed by atoms with Crippen LogP contribution in [-0.2, 0) is 0 Å². The molecule has 0 fully saturated rings. The molecule has 0 aliphatic rings. The lowest BCUT2D eigenvalue weighted by Crippen LogP contribution is -1.99. The van der Waals surface area contributed by atoms with E-state index >= 15 is 0 Å². The van der Waals surface area contributed by atoms with Crippen molar-refractivity contribution in [2.45, 2.75) is 13.8 Å². The lowest BCUT2D eigenvalue weighted by atomic mass is 10.1. The number of nitriles is 1. The van der Waals surface area contributed by atoms with E-state index in [1.165, 1.54) is 0 Å². The van der Waals surface area contributed by atoms with E-state index in [1.807, 2.05) is 44.2 Å². The van der Waals surface area contributed by atoms with Crippen molar-refractivity contribution in [1.82, 2.24) is 20.0 Å². The highest BCUT2D eigenvalue weighted by Crippen LogP contribution is 2.27. The minimum absolute atomic E-state index is 0.307. The third-order valence-corrected chi connectivity index (χ3v) is 4.07. The molecule has 0 saturated carbocycles. The second-order valence-electron chi connectivity index (χ2n) is 4.31. The molecular formula is C14H11N5S. The first-order valence-corrected chi connectivity index (χ1v) is 6.88. The fourth-order valence-electron chi connectivity index (χ4n) is 1.89. The van der Waals surface area contributed by atoms with Crippen LogP contribution in [0.2, 0.25) is 0 Å². The normalized spacial score (nSPS) is 10.4. The summed E-state index contributed by atoms with van der Waals surface area (Å²) in [4.78, 5) is 5.62. The SMILES string of the molecule is Cc1nc(-n2nnc(C#N)c2-c2ccccc2)sc1C. The van der Waals surface area contributed by atoms with Gasteiger partial charge in [-0.1, -0.05) is 46.9 Å². The largest absolute Gasteiger partial charge is 0.223 e. The highest BCUT2D eigenvalue weighted by atomic mass is 32.1. The third kappa shape index (κ3) is 1.98. The first-order chi connectivity index (χ1) is 9.70. The molecule has 2 heterocycles. The van der Waals surface area contributed by atoms with Crippen LogP contribution in [0.15, 0.2) is 30.3 Å². The van der Waals surface area contributed by atoms with Gasteiger partial charge in [0.05, 0.1) is 5.69 Å². The molecule has 0 saturated heterocycles. The Hall–Kier alpha value is -2.52. The minimum Gasteiger partial charge on any atom is -0.223 e. The summed E-state index contributed by atoms with van der Waals surface area (Å²) < 4.78 is 1.64.